The number of hydrogen-bond donors (Lipinski definition) is 1. The normalized spacial score (nSPS) is 11.2. The molecule has 0 fully saturated rings. The zero-order valence-corrected chi connectivity index (χ0v) is 10.2. The molecule has 0 aliphatic heterocycles. The van der Waals surface area contributed by atoms with Gasteiger partial charge in [-0.25, -0.2) is 4.39 Å². The molecule has 0 saturated carbocycles. The van der Waals surface area contributed by atoms with Crippen molar-refractivity contribution < 1.29 is 13.5 Å². The molecule has 17 heavy (non-hydrogen) atoms. The van der Waals surface area contributed by atoms with Gasteiger partial charge in [0.15, 0.2) is 5.58 Å². The van der Waals surface area contributed by atoms with Crippen LogP contribution in [0.4, 0.5) is 4.39 Å². The first-order valence-electron chi connectivity index (χ1n) is 5.27. The van der Waals surface area contributed by atoms with Gasteiger partial charge < -0.3 is 14.5 Å². The molecule has 0 unspecified atom stereocenters. The van der Waals surface area contributed by atoms with Crippen LogP contribution in [0, 0.1) is 5.82 Å². The van der Waals surface area contributed by atoms with E-state index in [-0.39, 0.29) is 5.82 Å². The van der Waals surface area contributed by atoms with E-state index in [1.54, 1.807) is 13.4 Å². The summed E-state index contributed by atoms with van der Waals surface area (Å²) in [5.41, 5.74) is 1.41. The summed E-state index contributed by atoms with van der Waals surface area (Å²) in [7, 11) is 1.64. The van der Waals surface area contributed by atoms with Gasteiger partial charge in [0.05, 0.1) is 17.9 Å². The summed E-state index contributed by atoms with van der Waals surface area (Å²) in [5, 5.41) is 4.17. The molecular weight excluding hydrogens is 245 g/mol. The van der Waals surface area contributed by atoms with Crippen LogP contribution >= 0.6 is 11.6 Å². The van der Waals surface area contributed by atoms with E-state index >= 15 is 0 Å². The van der Waals surface area contributed by atoms with Crippen LogP contribution in [-0.2, 0) is 11.3 Å². The highest BCUT2D eigenvalue weighted by Crippen LogP contribution is 2.29. The topological polar surface area (TPSA) is 34.4 Å². The predicted molar refractivity (Wildman–Crippen MR) is 64.8 cm³/mol. The molecule has 0 aliphatic rings. The number of nitrogens with one attached hydrogen (secondary N) is 1. The molecule has 1 heterocycles. The summed E-state index contributed by atoms with van der Waals surface area (Å²) in [5.74, 6) is -0.359. The molecule has 0 amide bonds. The molecule has 0 spiro atoms. The number of ether oxygens (including phenoxy) is 1. The average molecular weight is 258 g/mol. The molecule has 2 aromatic rings. The molecule has 0 aliphatic carbocycles. The van der Waals surface area contributed by atoms with E-state index < -0.39 is 0 Å². The summed E-state index contributed by atoms with van der Waals surface area (Å²) in [6.45, 7) is 1.95. The van der Waals surface area contributed by atoms with Gasteiger partial charge in [0.1, 0.15) is 5.82 Å². The second kappa shape index (κ2) is 5.49. The van der Waals surface area contributed by atoms with Crippen molar-refractivity contribution >= 4 is 22.6 Å². The summed E-state index contributed by atoms with van der Waals surface area (Å²) in [6, 6.07) is 2.67. The molecule has 5 heteroatoms. The van der Waals surface area contributed by atoms with Gasteiger partial charge in [0.2, 0.25) is 0 Å². The van der Waals surface area contributed by atoms with Crippen LogP contribution in [-0.4, -0.2) is 20.3 Å². The molecule has 92 valence electrons. The molecule has 1 aromatic heterocycles. The van der Waals surface area contributed by atoms with Crippen molar-refractivity contribution in [1.29, 1.82) is 0 Å². The number of benzene rings is 1. The van der Waals surface area contributed by atoms with Crippen LogP contribution in [0.25, 0.3) is 11.0 Å². The van der Waals surface area contributed by atoms with Crippen LogP contribution in [0.5, 0.6) is 0 Å². The van der Waals surface area contributed by atoms with Gasteiger partial charge in [0.25, 0.3) is 0 Å². The molecule has 0 radical (unpaired) electrons. The number of halogens is 2. The third-order valence-electron chi connectivity index (χ3n) is 2.47. The largest absolute Gasteiger partial charge is 0.462 e. The lowest BCUT2D eigenvalue weighted by Gasteiger charge is -2.02. The fourth-order valence-electron chi connectivity index (χ4n) is 1.65. The van der Waals surface area contributed by atoms with E-state index in [4.69, 9.17) is 20.8 Å². The van der Waals surface area contributed by atoms with E-state index in [9.17, 15) is 4.39 Å². The van der Waals surface area contributed by atoms with Crippen LogP contribution in [0.3, 0.4) is 0 Å². The number of methoxy groups -OCH3 is 1. The van der Waals surface area contributed by atoms with Crippen molar-refractivity contribution in [3.8, 4) is 0 Å². The van der Waals surface area contributed by atoms with Gasteiger partial charge >= 0.3 is 0 Å². The Morgan fingerprint density at radius 1 is 1.47 bits per heavy atom. The monoisotopic (exact) mass is 257 g/mol. The van der Waals surface area contributed by atoms with Gasteiger partial charge in [-0.1, -0.05) is 11.6 Å². The van der Waals surface area contributed by atoms with Crippen molar-refractivity contribution in [2.75, 3.05) is 20.3 Å². The second-order valence-electron chi connectivity index (χ2n) is 3.69. The molecule has 3 nitrogen and oxygen atoms in total. The van der Waals surface area contributed by atoms with Crippen LogP contribution in [0.1, 0.15) is 5.56 Å². The van der Waals surface area contributed by atoms with Gasteiger partial charge in [-0.2, -0.15) is 0 Å². The van der Waals surface area contributed by atoms with Crippen LogP contribution in [0.2, 0.25) is 5.02 Å². The zero-order valence-electron chi connectivity index (χ0n) is 9.43. The minimum Gasteiger partial charge on any atom is -0.462 e. The lowest BCUT2D eigenvalue weighted by atomic mass is 10.1. The lowest BCUT2D eigenvalue weighted by molar-refractivity contribution is 0.199. The van der Waals surface area contributed by atoms with E-state index in [1.165, 1.54) is 12.1 Å². The van der Waals surface area contributed by atoms with Crippen molar-refractivity contribution in [2.45, 2.75) is 6.54 Å². The first-order chi connectivity index (χ1) is 8.22. The Morgan fingerprint density at radius 3 is 3.06 bits per heavy atom. The fourth-order valence-corrected chi connectivity index (χ4v) is 1.90. The van der Waals surface area contributed by atoms with Crippen molar-refractivity contribution in [3.05, 3.63) is 34.8 Å². The number of furan rings is 1. The summed E-state index contributed by atoms with van der Waals surface area (Å²) < 4.78 is 23.5. The predicted octanol–water partition coefficient (Wildman–Crippen LogP) is 2.96. The molecular formula is C12H13ClFNO2. The summed E-state index contributed by atoms with van der Waals surface area (Å²) in [4.78, 5) is 0. The lowest BCUT2D eigenvalue weighted by Crippen LogP contribution is -2.18. The Labute approximate surface area is 103 Å². The average Bonchev–Trinajstić information content (AvgIpc) is 2.68. The highest BCUT2D eigenvalue weighted by molar-refractivity contribution is 6.34. The SMILES string of the molecule is COCCNCc1coc2c(Cl)cc(F)cc12. The van der Waals surface area contributed by atoms with Crippen LogP contribution < -0.4 is 5.32 Å². The van der Waals surface area contributed by atoms with Crippen molar-refractivity contribution in [2.24, 2.45) is 0 Å². The minimum atomic E-state index is -0.359. The zero-order chi connectivity index (χ0) is 12.3. The second-order valence-corrected chi connectivity index (χ2v) is 4.10. The standard InChI is InChI=1S/C12H13ClFNO2/c1-16-3-2-15-6-8-7-17-12-10(8)4-9(14)5-11(12)13/h4-5,7,15H,2-3,6H2,1H3. The van der Waals surface area contributed by atoms with Gasteiger partial charge in [-0.05, 0) is 12.1 Å². The quantitative estimate of drug-likeness (QED) is 0.837. The molecule has 0 bridgehead atoms. The first kappa shape index (κ1) is 12.4. The van der Waals surface area contributed by atoms with Gasteiger partial charge in [-0.3, -0.25) is 0 Å². The Morgan fingerprint density at radius 2 is 2.29 bits per heavy atom. The molecule has 0 saturated heterocycles. The highest BCUT2D eigenvalue weighted by atomic mass is 35.5. The van der Waals surface area contributed by atoms with E-state index in [2.05, 4.69) is 5.32 Å². The fraction of sp³-hybridized carbons (Fsp3) is 0.333. The third kappa shape index (κ3) is 2.77. The summed E-state index contributed by atoms with van der Waals surface area (Å²) in [6.07, 6.45) is 1.59. The Balaban J connectivity index is 2.18. The van der Waals surface area contributed by atoms with Gasteiger partial charge in [-0.15, -0.1) is 0 Å². The van der Waals surface area contributed by atoms with Crippen LogP contribution in [0.15, 0.2) is 22.8 Å². The molecule has 2 rings (SSSR count). The number of fused-ring (bicyclic) bond motifs is 1. The van der Waals surface area contributed by atoms with E-state index in [0.29, 0.717) is 29.1 Å². The van der Waals surface area contributed by atoms with Crippen molar-refractivity contribution in [1.82, 2.24) is 5.32 Å². The smallest absolute Gasteiger partial charge is 0.152 e. The maximum atomic E-state index is 13.2. The van der Waals surface area contributed by atoms with E-state index in [1.807, 2.05) is 0 Å². The Bertz CT molecular complexity index is 512. The number of rotatable bonds is 5. The maximum absolute atomic E-state index is 13.2. The minimum absolute atomic E-state index is 0.295. The Kier molecular flexibility index (Phi) is 3.99. The third-order valence-corrected chi connectivity index (χ3v) is 2.75. The summed E-state index contributed by atoms with van der Waals surface area (Å²) >= 11 is 5.89. The number of hydrogen-bond acceptors (Lipinski definition) is 3. The van der Waals surface area contributed by atoms with Gasteiger partial charge in [0, 0.05) is 31.1 Å². The molecule has 0 atom stereocenters. The molecule has 1 N–H and O–H groups in total. The van der Waals surface area contributed by atoms with Crippen molar-refractivity contribution in [3.63, 3.8) is 0 Å². The molecule has 1 aromatic carbocycles. The first-order valence-corrected chi connectivity index (χ1v) is 5.65. The Hall–Kier alpha value is -1.10. The highest BCUT2D eigenvalue weighted by Gasteiger charge is 2.10. The maximum Gasteiger partial charge on any atom is 0.152 e. The van der Waals surface area contributed by atoms with E-state index in [0.717, 1.165) is 12.1 Å².